The molecule has 0 saturated heterocycles. The molecule has 2 aromatic heterocycles. The van der Waals surface area contributed by atoms with Gasteiger partial charge in [-0.05, 0) is 34.7 Å². The van der Waals surface area contributed by atoms with Gasteiger partial charge < -0.3 is 5.32 Å². The Balaban J connectivity index is 1.39. The van der Waals surface area contributed by atoms with Crippen LogP contribution in [0.1, 0.15) is 16.1 Å². The number of carbonyl (C=O) groups excluding carboxylic acids is 1. The van der Waals surface area contributed by atoms with Gasteiger partial charge >= 0.3 is 0 Å². The highest BCUT2D eigenvalue weighted by molar-refractivity contribution is 7.08. The number of rotatable bonds is 5. The predicted octanol–water partition coefficient (Wildman–Crippen LogP) is 3.93. The summed E-state index contributed by atoms with van der Waals surface area (Å²) in [6.45, 7) is 0.337. The molecule has 6 heteroatoms. The molecule has 0 saturated carbocycles. The molecule has 2 heterocycles. The number of thiophene rings is 1. The van der Waals surface area contributed by atoms with E-state index in [1.165, 1.54) is 0 Å². The number of hydrogen-bond donors (Lipinski definition) is 1. The van der Waals surface area contributed by atoms with Crippen LogP contribution in [0.25, 0.3) is 16.8 Å². The SMILES string of the molecule is O=C(NCc1cn(-c2ccsc2)nn1)c1ccc(-c2ccccc2)cc1. The summed E-state index contributed by atoms with van der Waals surface area (Å²) in [5.41, 5.74) is 4.52. The largest absolute Gasteiger partial charge is 0.346 e. The number of hydrogen-bond acceptors (Lipinski definition) is 4. The molecule has 4 aromatic rings. The minimum absolute atomic E-state index is 0.130. The molecule has 5 nitrogen and oxygen atoms in total. The predicted molar refractivity (Wildman–Crippen MR) is 102 cm³/mol. The Morgan fingerprint density at radius 3 is 2.50 bits per heavy atom. The van der Waals surface area contributed by atoms with Crippen LogP contribution in [0.4, 0.5) is 0 Å². The molecule has 1 N–H and O–H groups in total. The minimum atomic E-state index is -0.130. The number of nitrogens with one attached hydrogen (secondary N) is 1. The van der Waals surface area contributed by atoms with Gasteiger partial charge in [0.25, 0.3) is 5.91 Å². The Kier molecular flexibility index (Phi) is 4.57. The highest BCUT2D eigenvalue weighted by Gasteiger charge is 2.08. The first-order valence-electron chi connectivity index (χ1n) is 8.17. The van der Waals surface area contributed by atoms with Crippen molar-refractivity contribution in [3.05, 3.63) is 88.9 Å². The Morgan fingerprint density at radius 1 is 1.00 bits per heavy atom. The summed E-state index contributed by atoms with van der Waals surface area (Å²) in [6.07, 6.45) is 1.82. The Morgan fingerprint density at radius 2 is 1.77 bits per heavy atom. The molecule has 0 bridgehead atoms. The van der Waals surface area contributed by atoms with E-state index in [1.807, 2.05) is 77.6 Å². The molecule has 4 rings (SSSR count). The fraction of sp³-hybridized carbons (Fsp3) is 0.0500. The monoisotopic (exact) mass is 360 g/mol. The quantitative estimate of drug-likeness (QED) is 0.587. The molecule has 0 radical (unpaired) electrons. The van der Waals surface area contributed by atoms with Crippen LogP contribution in [0.2, 0.25) is 0 Å². The van der Waals surface area contributed by atoms with Gasteiger partial charge in [0.15, 0.2) is 0 Å². The summed E-state index contributed by atoms with van der Waals surface area (Å²) >= 11 is 1.60. The maximum Gasteiger partial charge on any atom is 0.251 e. The molecular formula is C20H16N4OS. The molecule has 0 atom stereocenters. The van der Waals surface area contributed by atoms with Gasteiger partial charge in [-0.3, -0.25) is 4.79 Å². The fourth-order valence-electron chi connectivity index (χ4n) is 2.61. The summed E-state index contributed by atoms with van der Waals surface area (Å²) in [5, 5.41) is 15.0. The van der Waals surface area contributed by atoms with E-state index in [4.69, 9.17) is 0 Å². The second-order valence-corrected chi connectivity index (χ2v) is 6.54. The fourth-order valence-corrected chi connectivity index (χ4v) is 3.23. The topological polar surface area (TPSA) is 59.8 Å². The molecule has 0 spiro atoms. The Labute approximate surface area is 154 Å². The zero-order valence-electron chi connectivity index (χ0n) is 13.9. The molecule has 1 amide bonds. The molecule has 128 valence electrons. The second-order valence-electron chi connectivity index (χ2n) is 5.76. The van der Waals surface area contributed by atoms with E-state index in [0.29, 0.717) is 17.8 Å². The van der Waals surface area contributed by atoms with Crippen LogP contribution in [0.3, 0.4) is 0 Å². The average Bonchev–Trinajstić information content (AvgIpc) is 3.38. The number of nitrogens with zero attached hydrogens (tertiary/aromatic N) is 3. The number of amides is 1. The molecule has 0 aliphatic heterocycles. The molecule has 0 unspecified atom stereocenters. The third-order valence-corrected chi connectivity index (χ3v) is 4.67. The second kappa shape index (κ2) is 7.33. The maximum absolute atomic E-state index is 12.3. The zero-order chi connectivity index (χ0) is 17.8. The van der Waals surface area contributed by atoms with E-state index in [2.05, 4.69) is 15.6 Å². The summed E-state index contributed by atoms with van der Waals surface area (Å²) in [4.78, 5) is 12.3. The van der Waals surface area contributed by atoms with Gasteiger partial charge in [-0.25, -0.2) is 4.68 Å². The third kappa shape index (κ3) is 3.55. The van der Waals surface area contributed by atoms with Gasteiger partial charge in [0.1, 0.15) is 5.69 Å². The van der Waals surface area contributed by atoms with Crippen molar-refractivity contribution in [2.75, 3.05) is 0 Å². The van der Waals surface area contributed by atoms with Crippen LogP contribution >= 0.6 is 11.3 Å². The van der Waals surface area contributed by atoms with Crippen molar-refractivity contribution in [2.24, 2.45) is 0 Å². The number of aromatic nitrogens is 3. The van der Waals surface area contributed by atoms with E-state index in [9.17, 15) is 4.79 Å². The van der Waals surface area contributed by atoms with E-state index >= 15 is 0 Å². The van der Waals surface area contributed by atoms with Crippen molar-refractivity contribution in [1.29, 1.82) is 0 Å². The molecule has 0 aliphatic rings. The lowest BCUT2D eigenvalue weighted by Crippen LogP contribution is -2.22. The molecular weight excluding hydrogens is 344 g/mol. The van der Waals surface area contributed by atoms with Crippen molar-refractivity contribution in [3.63, 3.8) is 0 Å². The standard InChI is InChI=1S/C20H16N4OS/c25-20(17-8-6-16(7-9-17)15-4-2-1-3-5-15)21-12-18-13-24(23-22-18)19-10-11-26-14-19/h1-11,13-14H,12H2,(H,21,25). The molecule has 0 fully saturated rings. The molecule has 2 aromatic carbocycles. The van der Waals surface area contributed by atoms with E-state index in [0.717, 1.165) is 16.8 Å². The lowest BCUT2D eigenvalue weighted by atomic mass is 10.0. The minimum Gasteiger partial charge on any atom is -0.346 e. The van der Waals surface area contributed by atoms with Gasteiger partial charge in [0, 0.05) is 10.9 Å². The van der Waals surface area contributed by atoms with Gasteiger partial charge in [-0.15, -0.1) is 5.10 Å². The van der Waals surface area contributed by atoms with Crippen LogP contribution in [0.5, 0.6) is 0 Å². The van der Waals surface area contributed by atoms with Crippen molar-refractivity contribution in [2.45, 2.75) is 6.54 Å². The summed E-state index contributed by atoms with van der Waals surface area (Å²) < 4.78 is 1.70. The van der Waals surface area contributed by atoms with Crippen molar-refractivity contribution >= 4 is 17.2 Å². The average molecular weight is 360 g/mol. The highest BCUT2D eigenvalue weighted by Crippen LogP contribution is 2.19. The lowest BCUT2D eigenvalue weighted by Gasteiger charge is -2.05. The van der Waals surface area contributed by atoms with Gasteiger partial charge in [0.05, 0.1) is 18.4 Å². The first-order chi connectivity index (χ1) is 12.8. The van der Waals surface area contributed by atoms with Crippen molar-refractivity contribution in [3.8, 4) is 16.8 Å². The first-order valence-corrected chi connectivity index (χ1v) is 9.11. The van der Waals surface area contributed by atoms with Gasteiger partial charge in [-0.2, -0.15) is 11.3 Å². The lowest BCUT2D eigenvalue weighted by molar-refractivity contribution is 0.0950. The Hall–Kier alpha value is -3.25. The van der Waals surface area contributed by atoms with Crippen molar-refractivity contribution in [1.82, 2.24) is 20.3 Å². The zero-order valence-corrected chi connectivity index (χ0v) is 14.7. The van der Waals surface area contributed by atoms with E-state index < -0.39 is 0 Å². The third-order valence-electron chi connectivity index (χ3n) is 4.00. The molecule has 26 heavy (non-hydrogen) atoms. The number of carbonyl (C=O) groups is 1. The van der Waals surface area contributed by atoms with E-state index in [-0.39, 0.29) is 5.91 Å². The smallest absolute Gasteiger partial charge is 0.251 e. The van der Waals surface area contributed by atoms with Gasteiger partial charge in [0.2, 0.25) is 0 Å². The van der Waals surface area contributed by atoms with Gasteiger partial charge in [-0.1, -0.05) is 47.7 Å². The van der Waals surface area contributed by atoms with Crippen LogP contribution in [-0.2, 0) is 6.54 Å². The van der Waals surface area contributed by atoms with Crippen LogP contribution in [-0.4, -0.2) is 20.9 Å². The summed E-state index contributed by atoms with van der Waals surface area (Å²) in [7, 11) is 0. The van der Waals surface area contributed by atoms with Crippen LogP contribution in [0.15, 0.2) is 77.6 Å². The van der Waals surface area contributed by atoms with Crippen molar-refractivity contribution < 1.29 is 4.79 Å². The highest BCUT2D eigenvalue weighted by atomic mass is 32.1. The first kappa shape index (κ1) is 16.2. The van der Waals surface area contributed by atoms with Crippen LogP contribution < -0.4 is 5.32 Å². The normalized spacial score (nSPS) is 10.6. The van der Waals surface area contributed by atoms with Crippen LogP contribution in [0, 0.1) is 0 Å². The summed E-state index contributed by atoms with van der Waals surface area (Å²) in [6, 6.07) is 19.6. The molecule has 0 aliphatic carbocycles. The maximum atomic E-state index is 12.3. The Bertz CT molecular complexity index is 992. The van der Waals surface area contributed by atoms with E-state index in [1.54, 1.807) is 16.0 Å². The summed E-state index contributed by atoms with van der Waals surface area (Å²) in [5.74, 6) is -0.130. The number of benzene rings is 2.